The quantitative estimate of drug-likeness (QED) is 0.645. The van der Waals surface area contributed by atoms with Crippen molar-refractivity contribution in [3.63, 3.8) is 0 Å². The van der Waals surface area contributed by atoms with Crippen LogP contribution < -0.4 is 10.6 Å². The molecule has 178 valence electrons. The largest absolute Gasteiger partial charge is 0.483 e. The van der Waals surface area contributed by atoms with Crippen molar-refractivity contribution in [2.75, 3.05) is 37.3 Å². The van der Waals surface area contributed by atoms with Gasteiger partial charge in [0, 0.05) is 38.6 Å². The third kappa shape index (κ3) is 4.78. The Morgan fingerprint density at radius 2 is 1.73 bits per heavy atom. The van der Waals surface area contributed by atoms with Gasteiger partial charge in [-0.3, -0.25) is 0 Å². The van der Waals surface area contributed by atoms with Crippen molar-refractivity contribution in [3.8, 4) is 11.8 Å². The Hall–Kier alpha value is -2.82. The second kappa shape index (κ2) is 9.20. The van der Waals surface area contributed by atoms with Gasteiger partial charge in [-0.05, 0) is 43.3 Å². The van der Waals surface area contributed by atoms with Crippen LogP contribution in [0.5, 0.6) is 0 Å². The van der Waals surface area contributed by atoms with Crippen LogP contribution in [-0.4, -0.2) is 60.1 Å². The number of hydrogen-bond acceptors (Lipinski definition) is 7. The lowest BCUT2D eigenvalue weighted by Crippen LogP contribution is -2.54. The molecule has 3 rings (SSSR count). The summed E-state index contributed by atoms with van der Waals surface area (Å²) < 4.78 is 82.5. The van der Waals surface area contributed by atoms with Crippen molar-refractivity contribution >= 4 is 31.3 Å². The maximum absolute atomic E-state index is 13.3. The van der Waals surface area contributed by atoms with Crippen LogP contribution in [0.25, 0.3) is 0 Å². The van der Waals surface area contributed by atoms with Gasteiger partial charge in [0.1, 0.15) is 16.8 Å². The maximum atomic E-state index is 13.3. The van der Waals surface area contributed by atoms with Gasteiger partial charge in [-0.25, -0.2) is 22.0 Å². The third-order valence-electron chi connectivity index (χ3n) is 5.11. The molecule has 33 heavy (non-hydrogen) atoms. The van der Waals surface area contributed by atoms with Gasteiger partial charge >= 0.3 is 5.51 Å². The minimum Gasteiger partial charge on any atom is -0.384 e. The molecule has 0 amide bonds. The van der Waals surface area contributed by atoms with E-state index in [0.717, 1.165) is 19.2 Å². The molecule has 1 saturated heterocycles. The molecule has 0 spiro atoms. The Morgan fingerprint density at radius 3 is 2.24 bits per heavy atom. The van der Waals surface area contributed by atoms with Gasteiger partial charge in [-0.2, -0.15) is 17.5 Å². The van der Waals surface area contributed by atoms with E-state index in [1.165, 1.54) is 34.8 Å². The zero-order valence-electron chi connectivity index (χ0n) is 17.8. The van der Waals surface area contributed by atoms with E-state index < -0.39 is 36.2 Å². The molecule has 1 fully saturated rings. The van der Waals surface area contributed by atoms with E-state index in [0.29, 0.717) is 5.69 Å². The number of hydrogen-bond donors (Lipinski definition) is 1. The summed E-state index contributed by atoms with van der Waals surface area (Å²) in [4.78, 5) is 5.19. The molecular formula is C20H22F3N5O3S2. The lowest BCUT2D eigenvalue weighted by molar-refractivity contribution is -0.0403. The standard InChI is InChI=1S/C20H22F3N5O3S2/c1-3-4-16-14-27(33(30,31)18-9-10-19(24)26-13-18)11-12-28(16)15-5-7-17(8-6-15)32(29,25-2)20(21,22)23/h5-10,13,16H,11-12,14H2,1-2H3,(H2,24,26)/t16-,32-/m0/s1. The highest BCUT2D eigenvalue weighted by Crippen LogP contribution is 2.34. The molecule has 2 atom stereocenters. The Bertz CT molecular complexity index is 1290. The summed E-state index contributed by atoms with van der Waals surface area (Å²) in [6, 6.07) is 7.29. The van der Waals surface area contributed by atoms with E-state index in [9.17, 15) is 25.8 Å². The molecule has 0 aliphatic carbocycles. The normalized spacial score (nSPS) is 19.3. The fourth-order valence-electron chi connectivity index (χ4n) is 3.43. The number of halogens is 3. The van der Waals surface area contributed by atoms with Crippen molar-refractivity contribution in [3.05, 3.63) is 42.6 Å². The minimum absolute atomic E-state index is 0.00272. The summed E-state index contributed by atoms with van der Waals surface area (Å²) in [6.07, 6.45) is 1.19. The van der Waals surface area contributed by atoms with E-state index >= 15 is 0 Å². The van der Waals surface area contributed by atoms with E-state index in [2.05, 4.69) is 21.2 Å². The van der Waals surface area contributed by atoms with Crippen molar-refractivity contribution in [2.45, 2.75) is 28.3 Å². The molecule has 2 heterocycles. The van der Waals surface area contributed by atoms with E-state index in [1.807, 2.05) is 0 Å². The number of nitrogens with zero attached hydrogens (tertiary/aromatic N) is 4. The van der Waals surface area contributed by atoms with Crippen LogP contribution in [0.2, 0.25) is 0 Å². The summed E-state index contributed by atoms with van der Waals surface area (Å²) in [5, 5.41) is 0. The predicted molar refractivity (Wildman–Crippen MR) is 119 cm³/mol. The molecule has 1 aromatic heterocycles. The van der Waals surface area contributed by atoms with Crippen molar-refractivity contribution in [1.82, 2.24) is 9.29 Å². The van der Waals surface area contributed by atoms with Crippen molar-refractivity contribution in [2.24, 2.45) is 4.36 Å². The summed E-state index contributed by atoms with van der Waals surface area (Å²) in [6.45, 7) is 2.02. The molecule has 1 aliphatic heterocycles. The van der Waals surface area contributed by atoms with Gasteiger partial charge in [0.05, 0.1) is 4.90 Å². The first kappa shape index (κ1) is 24.8. The summed E-state index contributed by atoms with van der Waals surface area (Å²) in [5.74, 6) is 5.92. The average molecular weight is 502 g/mol. The van der Waals surface area contributed by atoms with Crippen LogP contribution in [0.4, 0.5) is 24.7 Å². The molecule has 0 unspecified atom stereocenters. The fraction of sp³-hybridized carbons (Fsp3) is 0.350. The lowest BCUT2D eigenvalue weighted by Gasteiger charge is -2.39. The summed E-state index contributed by atoms with van der Waals surface area (Å²) in [5.41, 5.74) is 1.05. The third-order valence-corrected chi connectivity index (χ3v) is 9.01. The highest BCUT2D eigenvalue weighted by Gasteiger charge is 2.44. The van der Waals surface area contributed by atoms with Crippen molar-refractivity contribution < 1.29 is 25.8 Å². The molecule has 0 radical (unpaired) electrons. The zero-order chi connectivity index (χ0) is 24.4. The topological polar surface area (TPSA) is 109 Å². The minimum atomic E-state index is -5.00. The first-order valence-corrected chi connectivity index (χ1v) is 12.6. The second-order valence-electron chi connectivity index (χ2n) is 7.03. The van der Waals surface area contributed by atoms with E-state index in [4.69, 9.17) is 5.73 Å². The van der Waals surface area contributed by atoms with E-state index in [-0.39, 0.29) is 30.3 Å². The van der Waals surface area contributed by atoms with E-state index in [1.54, 1.807) is 11.8 Å². The van der Waals surface area contributed by atoms with Crippen LogP contribution in [-0.2, 0) is 19.8 Å². The second-order valence-corrected chi connectivity index (χ2v) is 11.3. The van der Waals surface area contributed by atoms with Crippen LogP contribution in [0.15, 0.2) is 56.7 Å². The number of anilines is 2. The number of nitrogens with two attached hydrogens (primary N) is 1. The molecule has 0 bridgehead atoms. The van der Waals surface area contributed by atoms with Crippen LogP contribution in [0.1, 0.15) is 6.92 Å². The molecule has 13 heteroatoms. The first-order valence-electron chi connectivity index (χ1n) is 9.66. The first-order chi connectivity index (χ1) is 15.4. The van der Waals surface area contributed by atoms with Crippen LogP contribution >= 0.6 is 0 Å². The molecular weight excluding hydrogens is 479 g/mol. The molecule has 2 N–H and O–H groups in total. The molecule has 1 aliphatic rings. The molecule has 1 aromatic carbocycles. The maximum Gasteiger partial charge on any atom is 0.483 e. The zero-order valence-corrected chi connectivity index (χ0v) is 19.4. The van der Waals surface area contributed by atoms with Crippen LogP contribution in [0.3, 0.4) is 0 Å². The predicted octanol–water partition coefficient (Wildman–Crippen LogP) is 2.54. The molecule has 0 saturated carbocycles. The highest BCUT2D eigenvalue weighted by atomic mass is 32.2. The Morgan fingerprint density at radius 1 is 1.09 bits per heavy atom. The van der Waals surface area contributed by atoms with Crippen LogP contribution in [0, 0.1) is 11.8 Å². The fourth-order valence-corrected chi connectivity index (χ4v) is 6.01. The smallest absolute Gasteiger partial charge is 0.384 e. The SMILES string of the molecule is CC#C[C@H]1CN(S(=O)(=O)c2ccc(N)nc2)CCN1c1ccc([S@@](=O)(=NC)C(F)(F)F)cc1. The van der Waals surface area contributed by atoms with Gasteiger partial charge in [0.25, 0.3) is 0 Å². The number of alkyl halides is 3. The number of rotatable bonds is 4. The van der Waals surface area contributed by atoms with Gasteiger partial charge < -0.3 is 10.6 Å². The number of benzene rings is 1. The Kier molecular flexibility index (Phi) is 6.92. The number of nitrogen functional groups attached to an aromatic ring is 1. The Balaban J connectivity index is 1.88. The van der Waals surface area contributed by atoms with Gasteiger partial charge in [-0.15, -0.1) is 5.92 Å². The monoisotopic (exact) mass is 501 g/mol. The van der Waals surface area contributed by atoms with Gasteiger partial charge in [-0.1, -0.05) is 5.92 Å². The number of aromatic nitrogens is 1. The molecule has 2 aromatic rings. The number of pyridine rings is 1. The summed E-state index contributed by atoms with van der Waals surface area (Å²) in [7, 11) is -7.55. The average Bonchev–Trinajstić information content (AvgIpc) is 2.78. The number of sulfonamides is 1. The van der Waals surface area contributed by atoms with Crippen molar-refractivity contribution in [1.29, 1.82) is 0 Å². The molecule has 8 nitrogen and oxygen atoms in total. The number of piperazine rings is 1. The Labute approximate surface area is 190 Å². The van der Waals surface area contributed by atoms with Gasteiger partial charge in [0.15, 0.2) is 9.73 Å². The highest BCUT2D eigenvalue weighted by molar-refractivity contribution is 7.94. The van der Waals surface area contributed by atoms with Gasteiger partial charge in [0.2, 0.25) is 10.0 Å². The lowest BCUT2D eigenvalue weighted by atomic mass is 10.1. The summed E-state index contributed by atoms with van der Waals surface area (Å²) >= 11 is 0.